The van der Waals surface area contributed by atoms with Crippen molar-refractivity contribution in [3.05, 3.63) is 0 Å². The zero-order valence-electron chi connectivity index (χ0n) is 23.6. The summed E-state index contributed by atoms with van der Waals surface area (Å²) < 4.78 is 15.6. The Balaban J connectivity index is 1.39. The Morgan fingerprint density at radius 3 is 1.22 bits per heavy atom. The SMILES string of the molecule is CCN(CC)C(=O)C12C[C@H]3C[C@@H](C1)CC(P(=O)(Cl)C14C[C@@H]5C[C@@H](CC(C(=O)N(CC)CC)(C5)C1)C4)(C3)C2. The fourth-order valence-corrected chi connectivity index (χ4v) is 17.0. The molecule has 0 radical (unpaired) electrons. The van der Waals surface area contributed by atoms with E-state index in [1.807, 2.05) is 9.80 Å². The zero-order valence-corrected chi connectivity index (χ0v) is 25.2. The van der Waals surface area contributed by atoms with Gasteiger partial charge in [-0.2, -0.15) is 0 Å². The predicted molar refractivity (Wildman–Crippen MR) is 149 cm³/mol. The van der Waals surface area contributed by atoms with Crippen molar-refractivity contribution in [3.63, 3.8) is 0 Å². The van der Waals surface area contributed by atoms with Crippen LogP contribution in [0, 0.1) is 34.5 Å². The first-order valence-electron chi connectivity index (χ1n) is 15.4. The van der Waals surface area contributed by atoms with Gasteiger partial charge >= 0.3 is 0 Å². The molecule has 8 bridgehead atoms. The minimum absolute atomic E-state index is 0.298. The molecule has 0 aromatic carbocycles. The van der Waals surface area contributed by atoms with Crippen LogP contribution in [0.15, 0.2) is 0 Å². The third kappa shape index (κ3) is 3.57. The first kappa shape index (κ1) is 26.7. The van der Waals surface area contributed by atoms with Crippen LogP contribution >= 0.6 is 17.7 Å². The number of nitrogens with zero attached hydrogens (tertiary/aromatic N) is 2. The summed E-state index contributed by atoms with van der Waals surface area (Å²) in [5.41, 5.74) is -0.755. The summed E-state index contributed by atoms with van der Waals surface area (Å²) in [7, 11) is 0. The molecule has 37 heavy (non-hydrogen) atoms. The number of hydrogen-bond acceptors (Lipinski definition) is 3. The summed E-state index contributed by atoms with van der Waals surface area (Å²) in [5.74, 6) is 2.46. The first-order chi connectivity index (χ1) is 17.5. The summed E-state index contributed by atoms with van der Waals surface area (Å²) in [4.78, 5) is 32.0. The average molecular weight is 551 g/mol. The van der Waals surface area contributed by atoms with Crippen molar-refractivity contribution in [2.24, 2.45) is 34.5 Å². The molecule has 4 unspecified atom stereocenters. The Labute approximate surface area is 229 Å². The topological polar surface area (TPSA) is 57.7 Å². The quantitative estimate of drug-likeness (QED) is 0.308. The van der Waals surface area contributed by atoms with Gasteiger partial charge in [0, 0.05) is 36.5 Å². The van der Waals surface area contributed by atoms with Gasteiger partial charge < -0.3 is 14.4 Å². The lowest BCUT2D eigenvalue weighted by Gasteiger charge is -2.68. The number of rotatable bonds is 8. The minimum atomic E-state index is -3.22. The molecule has 8 saturated carbocycles. The Morgan fingerprint density at radius 2 is 0.946 bits per heavy atom. The monoisotopic (exact) mass is 550 g/mol. The first-order valence-corrected chi connectivity index (χ1v) is 18.0. The van der Waals surface area contributed by atoms with Crippen LogP contribution in [0.2, 0.25) is 0 Å². The Kier molecular flexibility index (Phi) is 6.29. The van der Waals surface area contributed by atoms with Crippen LogP contribution in [0.1, 0.15) is 105 Å². The number of carbonyl (C=O) groups is 2. The lowest BCUT2D eigenvalue weighted by molar-refractivity contribution is -0.157. The standard InChI is InChI=1S/C30H48ClN2O3P/c1-5-32(6-2)25(34)27-11-21-9-22(12-27)16-29(15-21,19-27)37(31,36)30-17-23-10-24(18-30)14-28(13-23,20-30)26(35)33(7-3)8-4/h21-24H,5-20H2,1-4H3/t21-,22+,23-,24+,27?,28?,29?,30?,37?. The van der Waals surface area contributed by atoms with Crippen molar-refractivity contribution in [2.45, 2.75) is 115 Å². The number of amides is 2. The molecule has 8 fully saturated rings. The van der Waals surface area contributed by atoms with Crippen molar-refractivity contribution in [3.8, 4) is 0 Å². The molecule has 0 heterocycles. The molecule has 208 valence electrons. The van der Waals surface area contributed by atoms with E-state index in [4.69, 9.17) is 11.2 Å². The van der Waals surface area contributed by atoms with E-state index in [2.05, 4.69) is 27.7 Å². The molecule has 0 aliphatic heterocycles. The normalized spacial score (nSPS) is 46.6. The van der Waals surface area contributed by atoms with Crippen LogP contribution < -0.4 is 0 Å². The van der Waals surface area contributed by atoms with E-state index in [-0.39, 0.29) is 10.8 Å². The molecule has 8 aliphatic carbocycles. The van der Waals surface area contributed by atoms with E-state index in [0.29, 0.717) is 35.5 Å². The van der Waals surface area contributed by atoms with Gasteiger partial charge in [-0.25, -0.2) is 0 Å². The highest BCUT2D eigenvalue weighted by Gasteiger charge is 2.74. The molecule has 8 rings (SSSR count). The van der Waals surface area contributed by atoms with E-state index in [1.165, 1.54) is 12.8 Å². The van der Waals surface area contributed by atoms with Crippen LogP contribution in [0.3, 0.4) is 0 Å². The van der Waals surface area contributed by atoms with Gasteiger partial charge in [0.15, 0.2) is 6.49 Å². The molecule has 8 aliphatic rings. The van der Waals surface area contributed by atoms with E-state index >= 15 is 4.57 Å². The van der Waals surface area contributed by atoms with Gasteiger partial charge in [-0.3, -0.25) is 9.59 Å². The van der Waals surface area contributed by atoms with E-state index in [1.54, 1.807) is 0 Å². The van der Waals surface area contributed by atoms with Crippen molar-refractivity contribution in [1.29, 1.82) is 0 Å². The predicted octanol–water partition coefficient (Wildman–Crippen LogP) is 6.92. The van der Waals surface area contributed by atoms with Crippen molar-refractivity contribution >= 4 is 29.5 Å². The molecule has 0 aromatic rings. The van der Waals surface area contributed by atoms with Crippen molar-refractivity contribution < 1.29 is 14.2 Å². The van der Waals surface area contributed by atoms with Crippen LogP contribution in [-0.4, -0.2) is 58.1 Å². The molecule has 8 atom stereocenters. The second-order valence-electron chi connectivity index (χ2n) is 14.4. The van der Waals surface area contributed by atoms with Gasteiger partial charge in [0.05, 0.1) is 10.8 Å². The summed E-state index contributed by atoms with van der Waals surface area (Å²) in [6.45, 7) is 8.03. The third-order valence-corrected chi connectivity index (χ3v) is 17.9. The molecule has 0 spiro atoms. The molecule has 2 amide bonds. The van der Waals surface area contributed by atoms with E-state index in [9.17, 15) is 9.59 Å². The zero-order chi connectivity index (χ0) is 26.4. The maximum Gasteiger partial charge on any atom is 0.228 e. The Morgan fingerprint density at radius 1 is 0.649 bits per heavy atom. The lowest BCUT2D eigenvalue weighted by atomic mass is 9.48. The highest BCUT2D eigenvalue weighted by Crippen LogP contribution is 2.87. The lowest BCUT2D eigenvalue weighted by Crippen LogP contribution is -2.64. The smallest absolute Gasteiger partial charge is 0.228 e. The Hall–Kier alpha value is -0.540. The third-order valence-electron chi connectivity index (χ3n) is 12.3. The fraction of sp³-hybridized carbons (Fsp3) is 0.933. The number of hydrogen-bond donors (Lipinski definition) is 0. The van der Waals surface area contributed by atoms with E-state index in [0.717, 1.165) is 90.4 Å². The minimum Gasteiger partial charge on any atom is -0.343 e. The van der Waals surface area contributed by atoms with Gasteiger partial charge in [0.1, 0.15) is 0 Å². The number of halogens is 1. The maximum atomic E-state index is 15.6. The summed E-state index contributed by atoms with van der Waals surface area (Å²) in [6, 6.07) is 0. The van der Waals surface area contributed by atoms with Crippen molar-refractivity contribution in [1.82, 2.24) is 9.80 Å². The average Bonchev–Trinajstić information content (AvgIpc) is 2.83. The summed E-state index contributed by atoms with van der Waals surface area (Å²) >= 11 is 7.71. The van der Waals surface area contributed by atoms with Crippen LogP contribution in [0.25, 0.3) is 0 Å². The van der Waals surface area contributed by atoms with E-state index < -0.39 is 16.8 Å². The van der Waals surface area contributed by atoms with Gasteiger partial charge in [-0.1, -0.05) is 11.2 Å². The molecule has 5 nitrogen and oxygen atoms in total. The Bertz CT molecular complexity index is 916. The summed E-state index contributed by atoms with van der Waals surface area (Å²) in [6.07, 6.45) is 11.4. The van der Waals surface area contributed by atoms with Gasteiger partial charge in [0.25, 0.3) is 0 Å². The second-order valence-corrected chi connectivity index (χ2v) is 18.8. The maximum absolute atomic E-state index is 15.6. The van der Waals surface area contributed by atoms with Crippen LogP contribution in [-0.2, 0) is 14.2 Å². The highest BCUT2D eigenvalue weighted by atomic mass is 35.7. The van der Waals surface area contributed by atoms with Gasteiger partial charge in [0.2, 0.25) is 11.8 Å². The molecule has 0 saturated heterocycles. The van der Waals surface area contributed by atoms with Crippen LogP contribution in [0.5, 0.6) is 0 Å². The fourth-order valence-electron chi connectivity index (χ4n) is 11.8. The molecule has 0 aromatic heterocycles. The molecule has 0 N–H and O–H groups in total. The van der Waals surface area contributed by atoms with Gasteiger partial charge in [-0.15, -0.1) is 0 Å². The largest absolute Gasteiger partial charge is 0.343 e. The van der Waals surface area contributed by atoms with Crippen molar-refractivity contribution in [2.75, 3.05) is 26.2 Å². The van der Waals surface area contributed by atoms with Crippen LogP contribution in [0.4, 0.5) is 0 Å². The molecular weight excluding hydrogens is 503 g/mol. The summed E-state index contributed by atoms with van der Waals surface area (Å²) in [5, 5.41) is -0.848. The highest BCUT2D eigenvalue weighted by molar-refractivity contribution is 7.91. The number of carbonyl (C=O) groups excluding carboxylic acids is 2. The second kappa shape index (κ2) is 8.73. The molecular formula is C30H48ClN2O3P. The molecule has 7 heteroatoms. The van der Waals surface area contributed by atoms with Gasteiger partial charge in [-0.05, 0) is 128 Å².